The van der Waals surface area contributed by atoms with Gasteiger partial charge in [-0.05, 0) is 23.8 Å². The predicted octanol–water partition coefficient (Wildman–Crippen LogP) is 2.89. The van der Waals surface area contributed by atoms with E-state index >= 15 is 0 Å². The summed E-state index contributed by atoms with van der Waals surface area (Å²) in [6.45, 7) is 0. The van der Waals surface area contributed by atoms with Gasteiger partial charge in [0.05, 0.1) is 0 Å². The molecule has 0 spiro atoms. The number of hydrogen-bond donors (Lipinski definition) is 0. The van der Waals surface area contributed by atoms with Crippen LogP contribution in [-0.4, -0.2) is 4.98 Å². The van der Waals surface area contributed by atoms with Crippen molar-refractivity contribution in [2.24, 2.45) is 0 Å². The number of benzene rings is 1. The Labute approximate surface area is 75.9 Å². The van der Waals surface area contributed by atoms with E-state index < -0.39 is 0 Å². The Hall–Kier alpha value is -1.70. The van der Waals surface area contributed by atoms with Crippen molar-refractivity contribution >= 4 is 0 Å². The summed E-state index contributed by atoms with van der Waals surface area (Å²) in [6.07, 6.45) is 3.31. The fraction of sp³-hybridized carbons (Fsp3) is 0. The first kappa shape index (κ1) is 7.92. The lowest BCUT2D eigenvalue weighted by Crippen LogP contribution is -1.82. The average molecular weight is 173 g/mol. The van der Waals surface area contributed by atoms with Gasteiger partial charge in [-0.3, -0.25) is 4.98 Å². The highest BCUT2D eigenvalue weighted by Crippen LogP contribution is 2.20. The SMILES string of the molecule is Fc1ccccc1-c1ccncc1. The third-order valence-electron chi connectivity index (χ3n) is 1.87. The first-order valence-electron chi connectivity index (χ1n) is 4.03. The maximum atomic E-state index is 13.3. The molecule has 64 valence electrons. The van der Waals surface area contributed by atoms with Crippen LogP contribution >= 0.6 is 0 Å². The molecule has 0 atom stereocenters. The molecule has 13 heavy (non-hydrogen) atoms. The molecule has 1 heterocycles. The molecule has 0 unspecified atom stereocenters. The van der Waals surface area contributed by atoms with Gasteiger partial charge in [0.15, 0.2) is 0 Å². The number of halogens is 1. The van der Waals surface area contributed by atoms with Gasteiger partial charge in [-0.1, -0.05) is 18.2 Å². The molecule has 2 heteroatoms. The van der Waals surface area contributed by atoms with E-state index in [1.165, 1.54) is 6.07 Å². The summed E-state index contributed by atoms with van der Waals surface area (Å²) in [4.78, 5) is 3.88. The van der Waals surface area contributed by atoms with Crippen LogP contribution in [0.4, 0.5) is 4.39 Å². The molecule has 0 fully saturated rings. The maximum absolute atomic E-state index is 13.3. The molecule has 1 aromatic carbocycles. The quantitative estimate of drug-likeness (QED) is 0.646. The molecule has 2 aromatic rings. The van der Waals surface area contributed by atoms with E-state index in [1.54, 1.807) is 36.7 Å². The molecule has 0 aliphatic rings. The Morgan fingerprint density at radius 1 is 0.923 bits per heavy atom. The van der Waals surface area contributed by atoms with Crippen molar-refractivity contribution in [3.63, 3.8) is 0 Å². The largest absolute Gasteiger partial charge is 0.265 e. The van der Waals surface area contributed by atoms with Gasteiger partial charge in [0.1, 0.15) is 5.82 Å². The fourth-order valence-electron chi connectivity index (χ4n) is 1.23. The van der Waals surface area contributed by atoms with Gasteiger partial charge in [0.2, 0.25) is 0 Å². The third-order valence-corrected chi connectivity index (χ3v) is 1.87. The van der Waals surface area contributed by atoms with Crippen LogP contribution < -0.4 is 0 Å². The Morgan fingerprint density at radius 3 is 2.31 bits per heavy atom. The topological polar surface area (TPSA) is 12.9 Å². The lowest BCUT2D eigenvalue weighted by Gasteiger charge is -2.00. The number of rotatable bonds is 1. The molecular formula is C11H8FN. The van der Waals surface area contributed by atoms with E-state index in [0.717, 1.165) is 5.56 Å². The highest BCUT2D eigenvalue weighted by molar-refractivity contribution is 5.63. The van der Waals surface area contributed by atoms with Crippen LogP contribution in [0, 0.1) is 5.82 Å². The van der Waals surface area contributed by atoms with Crippen molar-refractivity contribution in [3.05, 3.63) is 54.6 Å². The molecule has 1 nitrogen and oxygen atoms in total. The fourth-order valence-corrected chi connectivity index (χ4v) is 1.23. The second-order valence-electron chi connectivity index (χ2n) is 2.72. The predicted molar refractivity (Wildman–Crippen MR) is 49.6 cm³/mol. The zero-order chi connectivity index (χ0) is 9.10. The van der Waals surface area contributed by atoms with Gasteiger partial charge in [-0.15, -0.1) is 0 Å². The van der Waals surface area contributed by atoms with E-state index in [4.69, 9.17) is 0 Å². The normalized spacial score (nSPS) is 9.92. The van der Waals surface area contributed by atoms with Crippen LogP contribution in [0.2, 0.25) is 0 Å². The smallest absolute Gasteiger partial charge is 0.131 e. The van der Waals surface area contributed by atoms with Crippen molar-refractivity contribution in [2.75, 3.05) is 0 Å². The van der Waals surface area contributed by atoms with Crippen molar-refractivity contribution in [1.29, 1.82) is 0 Å². The van der Waals surface area contributed by atoms with E-state index in [2.05, 4.69) is 4.98 Å². The minimum absolute atomic E-state index is 0.200. The standard InChI is InChI=1S/C11H8FN/c12-11-4-2-1-3-10(11)9-5-7-13-8-6-9/h1-8H. The summed E-state index contributed by atoms with van der Waals surface area (Å²) < 4.78 is 13.3. The molecule has 2 rings (SSSR count). The zero-order valence-electron chi connectivity index (χ0n) is 6.94. The molecule has 0 bridgehead atoms. The van der Waals surface area contributed by atoms with Gasteiger partial charge in [-0.25, -0.2) is 4.39 Å². The monoisotopic (exact) mass is 173 g/mol. The molecule has 0 amide bonds. The van der Waals surface area contributed by atoms with E-state index in [-0.39, 0.29) is 5.82 Å². The summed E-state index contributed by atoms with van der Waals surface area (Å²) in [5.41, 5.74) is 1.47. The molecule has 0 aliphatic carbocycles. The zero-order valence-corrected chi connectivity index (χ0v) is 6.94. The molecule has 0 saturated carbocycles. The van der Waals surface area contributed by atoms with Crippen molar-refractivity contribution in [2.45, 2.75) is 0 Å². The number of nitrogens with zero attached hydrogens (tertiary/aromatic N) is 1. The summed E-state index contributed by atoms with van der Waals surface area (Å²) in [5.74, 6) is -0.200. The first-order chi connectivity index (χ1) is 6.38. The average Bonchev–Trinajstić information content (AvgIpc) is 2.20. The van der Waals surface area contributed by atoms with Gasteiger partial charge in [-0.2, -0.15) is 0 Å². The second-order valence-corrected chi connectivity index (χ2v) is 2.72. The van der Waals surface area contributed by atoms with Crippen LogP contribution in [0.1, 0.15) is 0 Å². The van der Waals surface area contributed by atoms with Crippen LogP contribution in [0.3, 0.4) is 0 Å². The van der Waals surface area contributed by atoms with Crippen LogP contribution in [0.25, 0.3) is 11.1 Å². The van der Waals surface area contributed by atoms with Crippen molar-refractivity contribution in [1.82, 2.24) is 4.98 Å². The molecule has 0 radical (unpaired) electrons. The highest BCUT2D eigenvalue weighted by Gasteiger charge is 2.01. The number of pyridine rings is 1. The molecular weight excluding hydrogens is 165 g/mol. The molecule has 0 saturated heterocycles. The van der Waals surface area contributed by atoms with Crippen molar-refractivity contribution < 1.29 is 4.39 Å². The van der Waals surface area contributed by atoms with Crippen LogP contribution in [-0.2, 0) is 0 Å². The molecule has 0 aliphatic heterocycles. The Bertz CT molecular complexity index is 398. The number of hydrogen-bond acceptors (Lipinski definition) is 1. The molecule has 1 aromatic heterocycles. The van der Waals surface area contributed by atoms with Crippen LogP contribution in [0.15, 0.2) is 48.8 Å². The van der Waals surface area contributed by atoms with E-state index in [1.807, 2.05) is 6.07 Å². The Morgan fingerprint density at radius 2 is 1.62 bits per heavy atom. The van der Waals surface area contributed by atoms with Crippen molar-refractivity contribution in [3.8, 4) is 11.1 Å². The lowest BCUT2D eigenvalue weighted by molar-refractivity contribution is 0.631. The third kappa shape index (κ3) is 1.56. The lowest BCUT2D eigenvalue weighted by atomic mass is 10.1. The Kier molecular flexibility index (Phi) is 2.04. The van der Waals surface area contributed by atoms with Gasteiger partial charge in [0, 0.05) is 18.0 Å². The van der Waals surface area contributed by atoms with E-state index in [9.17, 15) is 4.39 Å². The highest BCUT2D eigenvalue weighted by atomic mass is 19.1. The minimum atomic E-state index is -0.200. The molecule has 0 N–H and O–H groups in total. The maximum Gasteiger partial charge on any atom is 0.131 e. The van der Waals surface area contributed by atoms with Gasteiger partial charge >= 0.3 is 0 Å². The van der Waals surface area contributed by atoms with Gasteiger partial charge < -0.3 is 0 Å². The second kappa shape index (κ2) is 3.35. The summed E-state index contributed by atoms with van der Waals surface area (Å²) >= 11 is 0. The number of aromatic nitrogens is 1. The Balaban J connectivity index is 2.54. The summed E-state index contributed by atoms with van der Waals surface area (Å²) in [5, 5.41) is 0. The minimum Gasteiger partial charge on any atom is -0.265 e. The van der Waals surface area contributed by atoms with Crippen LogP contribution in [0.5, 0.6) is 0 Å². The van der Waals surface area contributed by atoms with Gasteiger partial charge in [0.25, 0.3) is 0 Å². The van der Waals surface area contributed by atoms with E-state index in [0.29, 0.717) is 5.56 Å². The first-order valence-corrected chi connectivity index (χ1v) is 4.03. The summed E-state index contributed by atoms with van der Waals surface area (Å²) in [7, 11) is 0. The summed E-state index contributed by atoms with van der Waals surface area (Å²) in [6, 6.07) is 10.3.